The average Bonchev–Trinajstić information content (AvgIpc) is 2.51. The maximum atomic E-state index is 8.84. The van der Waals surface area contributed by atoms with Crippen molar-refractivity contribution in [3.05, 3.63) is 28.5 Å². The van der Waals surface area contributed by atoms with Crippen LogP contribution in [-0.2, 0) is 6.54 Å². The maximum absolute atomic E-state index is 8.84. The van der Waals surface area contributed by atoms with Crippen LogP contribution < -0.4 is 0 Å². The Morgan fingerprint density at radius 1 is 1.47 bits per heavy atom. The van der Waals surface area contributed by atoms with Gasteiger partial charge in [-0.25, -0.2) is 4.98 Å². The van der Waals surface area contributed by atoms with Gasteiger partial charge in [0.1, 0.15) is 5.82 Å². The summed E-state index contributed by atoms with van der Waals surface area (Å²) in [6, 6.07) is 6.06. The number of hydrogen-bond donors (Lipinski definition) is 1. The molecule has 2 rings (SSSR count). The second-order valence-electron chi connectivity index (χ2n) is 3.52. The molecule has 0 fully saturated rings. The largest absolute Gasteiger partial charge is 0.396 e. The molecule has 0 amide bonds. The van der Waals surface area contributed by atoms with Gasteiger partial charge in [-0.15, -0.1) is 0 Å². The maximum Gasteiger partial charge on any atom is 0.106 e. The monoisotopic (exact) mass is 268 g/mol. The van der Waals surface area contributed by atoms with E-state index in [1.165, 1.54) is 0 Å². The number of benzene rings is 1. The van der Waals surface area contributed by atoms with Crippen LogP contribution in [0.15, 0.2) is 22.7 Å². The van der Waals surface area contributed by atoms with E-state index in [9.17, 15) is 0 Å². The number of nitrogens with zero attached hydrogens (tertiary/aromatic N) is 2. The first-order chi connectivity index (χ1) is 7.22. The highest BCUT2D eigenvalue weighted by atomic mass is 79.9. The second-order valence-corrected chi connectivity index (χ2v) is 4.44. The van der Waals surface area contributed by atoms with Crippen LogP contribution in [-0.4, -0.2) is 21.3 Å². The summed E-state index contributed by atoms with van der Waals surface area (Å²) in [7, 11) is 0. The molecule has 1 heterocycles. The molecule has 4 heteroatoms. The van der Waals surface area contributed by atoms with Crippen molar-refractivity contribution >= 4 is 27.0 Å². The van der Waals surface area contributed by atoms with Crippen molar-refractivity contribution in [2.24, 2.45) is 0 Å². The van der Waals surface area contributed by atoms with Crippen LogP contribution in [0, 0.1) is 6.92 Å². The molecule has 1 aromatic heterocycles. The van der Waals surface area contributed by atoms with Crippen molar-refractivity contribution in [3.8, 4) is 0 Å². The van der Waals surface area contributed by atoms with Crippen molar-refractivity contribution < 1.29 is 5.11 Å². The molecule has 2 aromatic rings. The van der Waals surface area contributed by atoms with Gasteiger partial charge in [0, 0.05) is 17.6 Å². The summed E-state index contributed by atoms with van der Waals surface area (Å²) in [5.41, 5.74) is 2.13. The van der Waals surface area contributed by atoms with E-state index in [1.807, 2.05) is 19.1 Å². The average molecular weight is 269 g/mol. The standard InChI is InChI=1S/C11H13BrN2O/c1-8-13-10-4-3-9(12)7-11(10)14(8)5-2-6-15/h3-4,7,15H,2,5-6H2,1H3. The number of aliphatic hydroxyl groups excluding tert-OH is 1. The minimum atomic E-state index is 0.215. The van der Waals surface area contributed by atoms with E-state index in [4.69, 9.17) is 5.11 Å². The summed E-state index contributed by atoms with van der Waals surface area (Å²) in [5.74, 6) is 0.997. The van der Waals surface area contributed by atoms with Crippen molar-refractivity contribution in [2.75, 3.05) is 6.61 Å². The van der Waals surface area contributed by atoms with E-state index in [0.717, 1.165) is 34.3 Å². The normalized spacial score (nSPS) is 11.1. The van der Waals surface area contributed by atoms with Gasteiger partial charge in [-0.1, -0.05) is 15.9 Å². The molecular weight excluding hydrogens is 256 g/mol. The summed E-state index contributed by atoms with van der Waals surface area (Å²) in [4.78, 5) is 4.47. The Labute approximate surface area is 96.9 Å². The van der Waals surface area contributed by atoms with Gasteiger partial charge in [0.2, 0.25) is 0 Å². The number of aliphatic hydroxyl groups is 1. The number of hydrogen-bond acceptors (Lipinski definition) is 2. The molecule has 1 aromatic carbocycles. The molecule has 0 saturated carbocycles. The van der Waals surface area contributed by atoms with E-state index >= 15 is 0 Å². The number of fused-ring (bicyclic) bond motifs is 1. The van der Waals surface area contributed by atoms with Gasteiger partial charge in [0.05, 0.1) is 11.0 Å². The predicted octanol–water partition coefficient (Wildman–Crippen LogP) is 2.49. The Morgan fingerprint density at radius 3 is 3.00 bits per heavy atom. The molecule has 0 saturated heterocycles. The number of rotatable bonds is 3. The molecule has 0 unspecified atom stereocenters. The van der Waals surface area contributed by atoms with Crippen LogP contribution in [0.3, 0.4) is 0 Å². The van der Waals surface area contributed by atoms with Crippen molar-refractivity contribution in [2.45, 2.75) is 19.9 Å². The third kappa shape index (κ3) is 2.06. The van der Waals surface area contributed by atoms with Gasteiger partial charge in [-0.05, 0) is 31.5 Å². The third-order valence-corrected chi connectivity index (χ3v) is 2.93. The van der Waals surface area contributed by atoms with Crippen LogP contribution in [0.4, 0.5) is 0 Å². The lowest BCUT2D eigenvalue weighted by Gasteiger charge is -2.04. The molecule has 0 atom stereocenters. The van der Waals surface area contributed by atoms with Gasteiger partial charge in [0.25, 0.3) is 0 Å². The Kier molecular flexibility index (Phi) is 3.07. The topological polar surface area (TPSA) is 38.0 Å². The fourth-order valence-corrected chi connectivity index (χ4v) is 2.08. The summed E-state index contributed by atoms with van der Waals surface area (Å²) in [6.45, 7) is 3.02. The van der Waals surface area contributed by atoms with Crippen LogP contribution in [0.1, 0.15) is 12.2 Å². The molecule has 0 aliphatic heterocycles. The third-order valence-electron chi connectivity index (χ3n) is 2.44. The highest BCUT2D eigenvalue weighted by Crippen LogP contribution is 2.21. The zero-order valence-electron chi connectivity index (χ0n) is 8.57. The van der Waals surface area contributed by atoms with Crippen molar-refractivity contribution in [1.82, 2.24) is 9.55 Å². The van der Waals surface area contributed by atoms with Gasteiger partial charge in [-0.3, -0.25) is 0 Å². The van der Waals surface area contributed by atoms with E-state index in [-0.39, 0.29) is 6.61 Å². The first-order valence-electron chi connectivity index (χ1n) is 4.95. The van der Waals surface area contributed by atoms with Gasteiger partial charge >= 0.3 is 0 Å². The number of halogens is 1. The Hall–Kier alpha value is -0.870. The molecule has 1 N–H and O–H groups in total. The molecule has 0 aliphatic carbocycles. The first-order valence-corrected chi connectivity index (χ1v) is 5.75. The first kappa shape index (κ1) is 10.6. The Morgan fingerprint density at radius 2 is 2.27 bits per heavy atom. The van der Waals surface area contributed by atoms with Crippen LogP contribution in [0.5, 0.6) is 0 Å². The van der Waals surface area contributed by atoms with E-state index in [1.54, 1.807) is 0 Å². The Balaban J connectivity index is 2.50. The predicted molar refractivity (Wildman–Crippen MR) is 63.9 cm³/mol. The zero-order valence-corrected chi connectivity index (χ0v) is 10.2. The smallest absolute Gasteiger partial charge is 0.106 e. The summed E-state index contributed by atoms with van der Waals surface area (Å²) in [6.07, 6.45) is 0.763. The fraction of sp³-hybridized carbons (Fsp3) is 0.364. The minimum absolute atomic E-state index is 0.215. The molecule has 0 radical (unpaired) electrons. The highest BCUT2D eigenvalue weighted by Gasteiger charge is 2.06. The highest BCUT2D eigenvalue weighted by molar-refractivity contribution is 9.10. The molecule has 0 bridgehead atoms. The van der Waals surface area contributed by atoms with Gasteiger partial charge in [-0.2, -0.15) is 0 Å². The molecular formula is C11H13BrN2O. The quantitative estimate of drug-likeness (QED) is 0.929. The molecule has 0 aliphatic rings. The van der Waals surface area contributed by atoms with Gasteiger partial charge in [0.15, 0.2) is 0 Å². The number of imidazole rings is 1. The Bertz CT molecular complexity index is 479. The minimum Gasteiger partial charge on any atom is -0.396 e. The molecule has 80 valence electrons. The van der Waals surface area contributed by atoms with Crippen LogP contribution in [0.25, 0.3) is 11.0 Å². The SMILES string of the molecule is Cc1nc2ccc(Br)cc2n1CCCO. The lowest BCUT2D eigenvalue weighted by atomic mass is 10.3. The number of aromatic nitrogens is 2. The van der Waals surface area contributed by atoms with Crippen molar-refractivity contribution in [3.63, 3.8) is 0 Å². The molecule has 3 nitrogen and oxygen atoms in total. The van der Waals surface area contributed by atoms with Crippen molar-refractivity contribution in [1.29, 1.82) is 0 Å². The van der Waals surface area contributed by atoms with Gasteiger partial charge < -0.3 is 9.67 Å². The molecule has 15 heavy (non-hydrogen) atoms. The van der Waals surface area contributed by atoms with E-state index in [0.29, 0.717) is 0 Å². The molecule has 0 spiro atoms. The lowest BCUT2D eigenvalue weighted by molar-refractivity contribution is 0.280. The zero-order chi connectivity index (χ0) is 10.8. The summed E-state index contributed by atoms with van der Waals surface area (Å²) in [5, 5.41) is 8.84. The van der Waals surface area contributed by atoms with E-state index in [2.05, 4.69) is 31.5 Å². The summed E-state index contributed by atoms with van der Waals surface area (Å²) >= 11 is 3.45. The van der Waals surface area contributed by atoms with Crippen LogP contribution >= 0.6 is 15.9 Å². The second kappa shape index (κ2) is 4.33. The summed E-state index contributed by atoms with van der Waals surface area (Å²) < 4.78 is 3.19. The number of aryl methyl sites for hydroxylation is 2. The van der Waals surface area contributed by atoms with Crippen LogP contribution in [0.2, 0.25) is 0 Å². The lowest BCUT2D eigenvalue weighted by Crippen LogP contribution is -2.02. The fourth-order valence-electron chi connectivity index (χ4n) is 1.73. The van der Waals surface area contributed by atoms with E-state index < -0.39 is 0 Å².